The maximum atomic E-state index is 12.6. The number of morpholine rings is 1. The molecule has 2 saturated heterocycles. The molecule has 2 aliphatic heterocycles. The quantitative estimate of drug-likeness (QED) is 0.671. The summed E-state index contributed by atoms with van der Waals surface area (Å²) in [5.74, 6) is 1.19. The van der Waals surface area contributed by atoms with E-state index < -0.39 is 0 Å². The number of rotatable bonds is 5. The average Bonchev–Trinajstić information content (AvgIpc) is 2.81. The van der Waals surface area contributed by atoms with Crippen LogP contribution in [0.3, 0.4) is 0 Å². The molecule has 178 valence electrons. The van der Waals surface area contributed by atoms with Crippen LogP contribution in [0.2, 0.25) is 0 Å². The lowest BCUT2D eigenvalue weighted by Gasteiger charge is -2.45. The highest BCUT2D eigenvalue weighted by molar-refractivity contribution is 5.75. The van der Waals surface area contributed by atoms with E-state index in [-0.39, 0.29) is 30.0 Å². The van der Waals surface area contributed by atoms with Gasteiger partial charge >= 0.3 is 6.03 Å². The first-order valence-electron chi connectivity index (χ1n) is 11.4. The van der Waals surface area contributed by atoms with Crippen molar-refractivity contribution < 1.29 is 14.3 Å². The molecule has 12 nitrogen and oxygen atoms in total. The molecular formula is C22H27N9O3. The molecule has 0 radical (unpaired) electrons. The zero-order valence-electron chi connectivity index (χ0n) is 19.0. The van der Waals surface area contributed by atoms with E-state index in [9.17, 15) is 4.79 Å². The number of hydrogen-bond donors (Lipinski definition) is 1. The molecule has 2 aromatic rings. The fourth-order valence-corrected chi connectivity index (χ4v) is 4.21. The smallest absolute Gasteiger partial charge is 0.320 e. The van der Waals surface area contributed by atoms with E-state index in [0.717, 1.165) is 18.4 Å². The summed E-state index contributed by atoms with van der Waals surface area (Å²) in [6.07, 6.45) is 4.64. The topological polar surface area (TPSA) is 147 Å². The van der Waals surface area contributed by atoms with E-state index in [1.54, 1.807) is 28.3 Å². The second-order valence-electron chi connectivity index (χ2n) is 8.81. The molecule has 3 aliphatic rings. The number of carbonyl (C=O) groups is 1. The van der Waals surface area contributed by atoms with Gasteiger partial charge in [-0.3, -0.25) is 0 Å². The van der Waals surface area contributed by atoms with Gasteiger partial charge in [-0.1, -0.05) is 0 Å². The van der Waals surface area contributed by atoms with Gasteiger partial charge in [0, 0.05) is 76.1 Å². The van der Waals surface area contributed by atoms with Crippen molar-refractivity contribution in [2.75, 3.05) is 57.1 Å². The van der Waals surface area contributed by atoms with Crippen LogP contribution in [0.1, 0.15) is 12.8 Å². The van der Waals surface area contributed by atoms with Crippen LogP contribution < -0.4 is 15.4 Å². The molecule has 0 bridgehead atoms. The van der Waals surface area contributed by atoms with Gasteiger partial charge < -0.3 is 29.9 Å². The van der Waals surface area contributed by atoms with Crippen molar-refractivity contribution in [3.8, 4) is 23.2 Å². The molecule has 34 heavy (non-hydrogen) atoms. The molecule has 12 heteroatoms. The number of anilines is 2. The number of nitrogens with two attached hydrogens (primary N) is 1. The number of aromatic nitrogens is 4. The summed E-state index contributed by atoms with van der Waals surface area (Å²) in [7, 11) is 1.81. The number of hydrogen-bond acceptors (Lipinski definition) is 10. The molecular weight excluding hydrogens is 438 g/mol. The fourth-order valence-electron chi connectivity index (χ4n) is 4.21. The molecule has 1 saturated carbocycles. The van der Waals surface area contributed by atoms with Gasteiger partial charge in [0.1, 0.15) is 6.10 Å². The van der Waals surface area contributed by atoms with Crippen molar-refractivity contribution in [3.63, 3.8) is 0 Å². The molecule has 0 aromatic carbocycles. The number of ether oxygens (including phenoxy) is 2. The van der Waals surface area contributed by atoms with Crippen LogP contribution in [0.25, 0.3) is 11.3 Å². The Bertz CT molecular complexity index is 1070. The van der Waals surface area contributed by atoms with Gasteiger partial charge in [-0.15, -0.1) is 0 Å². The number of carbonyl (C=O) groups excluding carboxylic acids is 1. The first kappa shape index (κ1) is 22.1. The number of nitriles is 1. The Hall–Kier alpha value is -3.72. The van der Waals surface area contributed by atoms with Gasteiger partial charge in [-0.25, -0.2) is 19.7 Å². The minimum absolute atomic E-state index is 0.0303. The van der Waals surface area contributed by atoms with Gasteiger partial charge in [0.25, 0.3) is 0 Å². The van der Waals surface area contributed by atoms with Crippen molar-refractivity contribution >= 4 is 17.9 Å². The third kappa shape index (κ3) is 4.51. The van der Waals surface area contributed by atoms with Crippen molar-refractivity contribution in [1.29, 1.82) is 5.26 Å². The minimum atomic E-state index is -0.0496. The second kappa shape index (κ2) is 9.26. The Labute approximate surface area is 197 Å². The van der Waals surface area contributed by atoms with E-state index >= 15 is 0 Å². The summed E-state index contributed by atoms with van der Waals surface area (Å²) in [4.78, 5) is 35.6. The first-order valence-corrected chi connectivity index (χ1v) is 11.4. The van der Waals surface area contributed by atoms with Crippen LogP contribution in [0.4, 0.5) is 16.7 Å². The number of amides is 2. The predicted octanol–water partition coefficient (Wildman–Crippen LogP) is 0.769. The minimum Gasteiger partial charge on any atom is -0.474 e. The third-order valence-corrected chi connectivity index (χ3v) is 6.49. The van der Waals surface area contributed by atoms with Crippen molar-refractivity contribution in [2.24, 2.45) is 5.92 Å². The SMILES string of the molecule is CN(C(=O)N1CC(C#N)C1)C1CC(Oc2cc(-c3cnc(N)nc3)nc(N3CCOCC3)n2)C1. The Morgan fingerprint density at radius 3 is 2.62 bits per heavy atom. The Balaban J connectivity index is 1.26. The molecule has 0 unspecified atom stereocenters. The van der Waals surface area contributed by atoms with Gasteiger partial charge in [0.2, 0.25) is 17.8 Å². The third-order valence-electron chi connectivity index (χ3n) is 6.49. The van der Waals surface area contributed by atoms with E-state index in [1.807, 2.05) is 7.05 Å². The van der Waals surface area contributed by atoms with Crippen LogP contribution in [-0.4, -0.2) is 94.4 Å². The largest absolute Gasteiger partial charge is 0.474 e. The lowest BCUT2D eigenvalue weighted by molar-refractivity contribution is 0.0250. The van der Waals surface area contributed by atoms with Crippen molar-refractivity contribution in [2.45, 2.75) is 25.0 Å². The van der Waals surface area contributed by atoms with Crippen LogP contribution in [0.5, 0.6) is 5.88 Å². The maximum Gasteiger partial charge on any atom is 0.320 e. The number of nitrogen functional groups attached to an aromatic ring is 1. The standard InChI is InChI=1S/C22H27N9O3/c1-29(22(32)31-12-14(9-23)13-31)16-6-17(7-16)34-19-8-18(15-10-25-20(24)26-11-15)27-21(28-19)30-2-4-33-5-3-30/h8,10-11,14,16-17H,2-7,12-13H2,1H3,(H2,24,25,26). The zero-order valence-corrected chi connectivity index (χ0v) is 19.0. The van der Waals surface area contributed by atoms with E-state index in [1.165, 1.54) is 0 Å². The summed E-state index contributed by atoms with van der Waals surface area (Å²) in [6, 6.07) is 4.05. The summed E-state index contributed by atoms with van der Waals surface area (Å²) < 4.78 is 11.6. The summed E-state index contributed by atoms with van der Waals surface area (Å²) in [5, 5.41) is 8.92. The molecule has 1 aliphatic carbocycles. The van der Waals surface area contributed by atoms with Gasteiger partial charge in [0.15, 0.2) is 0 Å². The van der Waals surface area contributed by atoms with Gasteiger partial charge in [-0.05, 0) is 0 Å². The van der Waals surface area contributed by atoms with E-state index in [2.05, 4.69) is 25.9 Å². The van der Waals surface area contributed by atoms with Gasteiger partial charge in [-0.2, -0.15) is 10.2 Å². The number of nitrogens with zero attached hydrogens (tertiary/aromatic N) is 8. The average molecular weight is 466 g/mol. The highest BCUT2D eigenvalue weighted by Crippen LogP contribution is 2.32. The highest BCUT2D eigenvalue weighted by Gasteiger charge is 2.40. The van der Waals surface area contributed by atoms with Crippen molar-refractivity contribution in [3.05, 3.63) is 18.5 Å². The van der Waals surface area contributed by atoms with E-state index in [0.29, 0.717) is 56.9 Å². The normalized spacial score (nSPS) is 22.4. The molecule has 2 amide bonds. The lowest BCUT2D eigenvalue weighted by atomic mass is 9.88. The predicted molar refractivity (Wildman–Crippen MR) is 122 cm³/mol. The summed E-state index contributed by atoms with van der Waals surface area (Å²) in [6.45, 7) is 3.65. The Kier molecular flexibility index (Phi) is 6.02. The van der Waals surface area contributed by atoms with E-state index in [4.69, 9.17) is 25.5 Å². The highest BCUT2D eigenvalue weighted by atomic mass is 16.5. The molecule has 2 N–H and O–H groups in total. The van der Waals surface area contributed by atoms with Gasteiger partial charge in [0.05, 0.1) is 30.9 Å². The lowest BCUT2D eigenvalue weighted by Crippen LogP contribution is -2.58. The Morgan fingerprint density at radius 1 is 1.24 bits per heavy atom. The van der Waals surface area contributed by atoms with Crippen LogP contribution >= 0.6 is 0 Å². The van der Waals surface area contributed by atoms with Crippen LogP contribution in [0, 0.1) is 17.2 Å². The van der Waals surface area contributed by atoms with Crippen LogP contribution in [-0.2, 0) is 4.74 Å². The molecule has 5 rings (SSSR count). The molecule has 0 spiro atoms. The number of likely N-dealkylation sites (tertiary alicyclic amines) is 1. The van der Waals surface area contributed by atoms with Crippen molar-refractivity contribution in [1.82, 2.24) is 29.7 Å². The second-order valence-corrected chi connectivity index (χ2v) is 8.81. The molecule has 0 atom stereocenters. The molecule has 2 aromatic heterocycles. The first-order chi connectivity index (χ1) is 16.5. The molecule has 4 heterocycles. The number of urea groups is 1. The Morgan fingerprint density at radius 2 is 1.94 bits per heavy atom. The monoisotopic (exact) mass is 465 g/mol. The summed E-state index contributed by atoms with van der Waals surface area (Å²) >= 11 is 0. The molecule has 3 fully saturated rings. The zero-order chi connectivity index (χ0) is 23.7. The summed E-state index contributed by atoms with van der Waals surface area (Å²) in [5.41, 5.74) is 7.00. The fraction of sp³-hybridized carbons (Fsp3) is 0.545. The maximum absolute atomic E-state index is 12.6. The van der Waals surface area contributed by atoms with Crippen LogP contribution in [0.15, 0.2) is 18.5 Å².